The number of benzene rings is 1. The van der Waals surface area contributed by atoms with E-state index in [1.165, 1.54) is 27.2 Å². The van der Waals surface area contributed by atoms with Gasteiger partial charge >= 0.3 is 0 Å². The Hall–Kier alpha value is -3.52. The summed E-state index contributed by atoms with van der Waals surface area (Å²) in [6.07, 6.45) is 3.19. The monoisotopic (exact) mass is 407 g/mol. The number of nitrogens with zero attached hydrogens (tertiary/aromatic N) is 3. The maximum Gasteiger partial charge on any atom is 0.278 e. The average molecular weight is 407 g/mol. The van der Waals surface area contributed by atoms with Crippen molar-refractivity contribution in [1.82, 2.24) is 9.38 Å². The SMILES string of the molecule is C=CC[n+]1c(N)c(S(=O)(=O)c2ccccc2)cc2c(=O)n3cccc(C)c3nc21. The molecule has 2 N–H and O–H groups in total. The first-order valence-corrected chi connectivity index (χ1v) is 10.4. The Morgan fingerprint density at radius 1 is 1.21 bits per heavy atom. The minimum Gasteiger partial charge on any atom is -0.317 e. The number of fused-ring (bicyclic) bond motifs is 2. The van der Waals surface area contributed by atoms with Crippen LogP contribution >= 0.6 is 0 Å². The van der Waals surface area contributed by atoms with E-state index in [2.05, 4.69) is 11.6 Å². The predicted molar refractivity (Wildman–Crippen MR) is 110 cm³/mol. The van der Waals surface area contributed by atoms with Gasteiger partial charge in [0.2, 0.25) is 21.3 Å². The summed E-state index contributed by atoms with van der Waals surface area (Å²) in [7, 11) is -3.94. The van der Waals surface area contributed by atoms with E-state index in [1.807, 2.05) is 13.0 Å². The first-order valence-electron chi connectivity index (χ1n) is 8.91. The molecule has 3 aromatic heterocycles. The molecular formula is C21H19N4O3S+. The minimum atomic E-state index is -3.94. The largest absolute Gasteiger partial charge is 0.317 e. The summed E-state index contributed by atoms with van der Waals surface area (Å²) >= 11 is 0. The van der Waals surface area contributed by atoms with Crippen LogP contribution in [0.4, 0.5) is 5.82 Å². The van der Waals surface area contributed by atoms with Crippen LogP contribution in [0, 0.1) is 6.92 Å². The molecule has 8 heteroatoms. The molecule has 0 aliphatic rings. The Labute approximate surface area is 167 Å². The molecule has 0 saturated carbocycles. The van der Waals surface area contributed by atoms with Crippen LogP contribution in [0.3, 0.4) is 0 Å². The smallest absolute Gasteiger partial charge is 0.278 e. The molecule has 29 heavy (non-hydrogen) atoms. The first-order chi connectivity index (χ1) is 13.9. The second kappa shape index (κ2) is 6.82. The third-order valence-electron chi connectivity index (χ3n) is 4.79. The molecule has 7 nitrogen and oxygen atoms in total. The van der Waals surface area contributed by atoms with Gasteiger partial charge in [0.25, 0.3) is 11.2 Å². The second-order valence-corrected chi connectivity index (χ2v) is 8.57. The highest BCUT2D eigenvalue weighted by molar-refractivity contribution is 7.91. The molecule has 3 heterocycles. The van der Waals surface area contributed by atoms with E-state index in [0.29, 0.717) is 11.3 Å². The van der Waals surface area contributed by atoms with Crippen molar-refractivity contribution < 1.29 is 13.0 Å². The van der Waals surface area contributed by atoms with Crippen molar-refractivity contribution in [3.05, 3.63) is 83.3 Å². The van der Waals surface area contributed by atoms with Crippen LogP contribution < -0.4 is 15.9 Å². The lowest BCUT2D eigenvalue weighted by Crippen LogP contribution is -2.41. The minimum absolute atomic E-state index is 0.00564. The molecule has 0 fully saturated rings. The summed E-state index contributed by atoms with van der Waals surface area (Å²) in [4.78, 5) is 17.8. The lowest BCUT2D eigenvalue weighted by atomic mass is 10.2. The molecule has 1 aromatic carbocycles. The summed E-state index contributed by atoms with van der Waals surface area (Å²) in [5.41, 5.74) is 7.53. The van der Waals surface area contributed by atoms with Crippen molar-refractivity contribution in [2.24, 2.45) is 0 Å². The van der Waals surface area contributed by atoms with E-state index >= 15 is 0 Å². The van der Waals surface area contributed by atoms with Gasteiger partial charge in [0, 0.05) is 11.8 Å². The molecule has 0 amide bonds. The summed E-state index contributed by atoms with van der Waals surface area (Å²) in [6, 6.07) is 12.9. The third-order valence-corrected chi connectivity index (χ3v) is 6.59. The third kappa shape index (κ3) is 2.89. The zero-order chi connectivity index (χ0) is 20.8. The lowest BCUT2D eigenvalue weighted by Gasteiger charge is -2.12. The molecule has 0 radical (unpaired) electrons. The quantitative estimate of drug-likeness (QED) is 0.317. The highest BCUT2D eigenvalue weighted by Crippen LogP contribution is 2.26. The fraction of sp³-hybridized carbons (Fsp3) is 0.0952. The number of anilines is 1. The molecule has 4 aromatic rings. The molecule has 0 spiro atoms. The first kappa shape index (κ1) is 18.8. The Balaban J connectivity index is 2.18. The van der Waals surface area contributed by atoms with E-state index in [4.69, 9.17) is 5.73 Å². The van der Waals surface area contributed by atoms with Crippen molar-refractivity contribution in [2.45, 2.75) is 23.3 Å². The lowest BCUT2D eigenvalue weighted by molar-refractivity contribution is -0.649. The van der Waals surface area contributed by atoms with Crippen LogP contribution in [0.5, 0.6) is 0 Å². The van der Waals surface area contributed by atoms with Crippen molar-refractivity contribution in [1.29, 1.82) is 0 Å². The van der Waals surface area contributed by atoms with Crippen molar-refractivity contribution in [3.8, 4) is 0 Å². The maximum absolute atomic E-state index is 13.2. The number of nitrogen functional groups attached to an aromatic ring is 1. The van der Waals surface area contributed by atoms with Gasteiger partial charge in [-0.1, -0.05) is 41.9 Å². The number of nitrogens with two attached hydrogens (primary N) is 1. The molecule has 0 aliphatic carbocycles. The number of aryl methyl sites for hydroxylation is 1. The highest BCUT2D eigenvalue weighted by Gasteiger charge is 2.29. The fourth-order valence-corrected chi connectivity index (χ4v) is 4.77. The maximum atomic E-state index is 13.2. The van der Waals surface area contributed by atoms with Crippen molar-refractivity contribution in [3.63, 3.8) is 0 Å². The van der Waals surface area contributed by atoms with Crippen LogP contribution in [-0.4, -0.2) is 17.8 Å². The number of allylic oxidation sites excluding steroid dienone is 1. The molecule has 0 saturated heterocycles. The van der Waals surface area contributed by atoms with E-state index in [-0.39, 0.29) is 33.1 Å². The van der Waals surface area contributed by atoms with Crippen molar-refractivity contribution >= 4 is 32.3 Å². The number of sulfone groups is 1. The van der Waals surface area contributed by atoms with Crippen LogP contribution in [0.15, 0.2) is 82.0 Å². The molecule has 0 bridgehead atoms. The topological polar surface area (TPSA) is 98.4 Å². The van der Waals surface area contributed by atoms with Crippen molar-refractivity contribution in [2.75, 3.05) is 5.73 Å². The Bertz CT molecular complexity index is 1440. The molecule has 0 atom stereocenters. The number of pyridine rings is 2. The zero-order valence-corrected chi connectivity index (χ0v) is 16.6. The van der Waals surface area contributed by atoms with E-state index < -0.39 is 9.84 Å². The number of hydrogen-bond donors (Lipinski definition) is 1. The fourth-order valence-electron chi connectivity index (χ4n) is 3.34. The molecule has 146 valence electrons. The van der Waals surface area contributed by atoms with Gasteiger partial charge in [0.15, 0.2) is 0 Å². The van der Waals surface area contributed by atoms with Crippen LogP contribution in [0.2, 0.25) is 0 Å². The van der Waals surface area contributed by atoms with Gasteiger partial charge in [-0.3, -0.25) is 9.20 Å². The molecular weight excluding hydrogens is 388 g/mol. The average Bonchev–Trinajstić information content (AvgIpc) is 2.71. The number of aromatic nitrogens is 3. The summed E-state index contributed by atoms with van der Waals surface area (Å²) in [6.45, 7) is 5.77. The van der Waals surface area contributed by atoms with Gasteiger partial charge in [-0.15, -0.1) is 0 Å². The highest BCUT2D eigenvalue weighted by atomic mass is 32.2. The van der Waals surface area contributed by atoms with E-state index in [0.717, 1.165) is 5.56 Å². The summed E-state index contributed by atoms with van der Waals surface area (Å²) in [5.74, 6) is 0.00564. The van der Waals surface area contributed by atoms with E-state index in [1.54, 1.807) is 36.5 Å². The molecule has 4 rings (SSSR count). The Morgan fingerprint density at radius 3 is 2.62 bits per heavy atom. The zero-order valence-electron chi connectivity index (χ0n) is 15.7. The number of hydrogen-bond acceptors (Lipinski definition) is 5. The normalized spacial score (nSPS) is 11.8. The van der Waals surface area contributed by atoms with Crippen LogP contribution in [0.25, 0.3) is 16.7 Å². The molecule has 0 unspecified atom stereocenters. The van der Waals surface area contributed by atoms with Gasteiger partial charge in [-0.2, -0.15) is 0 Å². The number of rotatable bonds is 4. The summed E-state index contributed by atoms with van der Waals surface area (Å²) in [5, 5.41) is 0.165. The summed E-state index contributed by atoms with van der Waals surface area (Å²) < 4.78 is 29.4. The van der Waals surface area contributed by atoms with Crippen LogP contribution in [-0.2, 0) is 16.4 Å². The second-order valence-electron chi connectivity index (χ2n) is 6.65. The van der Waals surface area contributed by atoms with E-state index in [9.17, 15) is 13.2 Å². The van der Waals surface area contributed by atoms with Crippen LogP contribution in [0.1, 0.15) is 5.56 Å². The van der Waals surface area contributed by atoms with Gasteiger partial charge in [-0.25, -0.2) is 13.0 Å². The van der Waals surface area contributed by atoms with Gasteiger partial charge in [-0.05, 0) is 31.2 Å². The van der Waals surface area contributed by atoms with Gasteiger partial charge < -0.3 is 5.73 Å². The van der Waals surface area contributed by atoms with Gasteiger partial charge in [0.05, 0.1) is 11.4 Å². The molecule has 0 aliphatic heterocycles. The standard InChI is InChI=1S/C21H18N4O3S/c1-3-11-24-18(22)17(29(27,28)15-9-5-4-6-10-15)13-16-20(24)23-19-14(2)8-7-12-25(19)21(16)26/h3-10,12-13,22H,1,11H2,2H3/p+1. The Morgan fingerprint density at radius 2 is 1.93 bits per heavy atom. The predicted octanol–water partition coefficient (Wildman–Crippen LogP) is 2.04. The Kier molecular flexibility index (Phi) is 4.43. The van der Waals surface area contributed by atoms with Gasteiger partial charge in [0.1, 0.15) is 10.3 Å².